The number of benzene rings is 1. The number of nitrogens with one attached hydrogen (secondary N) is 2. The molecular weight excluding hydrogens is 200 g/mol. The minimum Gasteiger partial charge on any atom is -0.388 e. The Labute approximate surface area is 83.4 Å². The smallest absolute Gasteiger partial charge is 0.233 e. The van der Waals surface area contributed by atoms with E-state index in [1.54, 1.807) is 6.07 Å². The molecule has 1 aromatic rings. The van der Waals surface area contributed by atoms with Crippen LogP contribution < -0.4 is 10.0 Å². The third kappa shape index (κ3) is 1.55. The Kier molecular flexibility index (Phi) is 2.11. The van der Waals surface area contributed by atoms with Gasteiger partial charge in [0.2, 0.25) is 10.0 Å². The number of anilines is 2. The summed E-state index contributed by atoms with van der Waals surface area (Å²) in [5.74, 6) is 0.165. The van der Waals surface area contributed by atoms with Crippen LogP contribution in [0.5, 0.6) is 0 Å². The number of sulfonamides is 1. The van der Waals surface area contributed by atoms with E-state index in [4.69, 9.17) is 0 Å². The molecule has 2 rings (SSSR count). The Bertz CT molecular complexity index is 454. The maximum absolute atomic E-state index is 11.3. The van der Waals surface area contributed by atoms with E-state index in [9.17, 15) is 8.42 Å². The van der Waals surface area contributed by atoms with Crippen molar-refractivity contribution in [3.63, 3.8) is 0 Å². The molecule has 5 heteroatoms. The number of hydrogen-bond donors (Lipinski definition) is 2. The Balaban J connectivity index is 2.50. The topological polar surface area (TPSA) is 58.2 Å². The van der Waals surface area contributed by atoms with Crippen LogP contribution in [0.2, 0.25) is 0 Å². The zero-order valence-electron chi connectivity index (χ0n) is 7.87. The van der Waals surface area contributed by atoms with Gasteiger partial charge in [-0.15, -0.1) is 0 Å². The number of fused-ring (bicyclic) bond motifs is 1. The standard InChI is InChI=1S/C9H12N2O2S/c1-10-8-3-2-4-9-7(8)5-6-14(12,13)11-9/h2-4,10-11H,5-6H2,1H3. The molecule has 0 aliphatic carbocycles. The molecule has 1 heterocycles. The lowest BCUT2D eigenvalue weighted by Crippen LogP contribution is -2.24. The Morgan fingerprint density at radius 1 is 1.43 bits per heavy atom. The summed E-state index contributed by atoms with van der Waals surface area (Å²) in [5, 5.41) is 3.05. The van der Waals surface area contributed by atoms with Crippen molar-refractivity contribution in [2.75, 3.05) is 22.8 Å². The third-order valence-electron chi connectivity index (χ3n) is 2.33. The van der Waals surface area contributed by atoms with Crippen LogP contribution in [0, 0.1) is 0 Å². The molecule has 2 N–H and O–H groups in total. The lowest BCUT2D eigenvalue weighted by Gasteiger charge is -2.20. The summed E-state index contributed by atoms with van der Waals surface area (Å²) in [4.78, 5) is 0. The number of rotatable bonds is 1. The average Bonchev–Trinajstić information content (AvgIpc) is 2.15. The molecule has 0 radical (unpaired) electrons. The van der Waals surface area contributed by atoms with E-state index in [2.05, 4.69) is 10.0 Å². The van der Waals surface area contributed by atoms with Crippen LogP contribution in [-0.2, 0) is 16.4 Å². The highest BCUT2D eigenvalue weighted by Crippen LogP contribution is 2.29. The predicted octanol–water partition coefficient (Wildman–Crippen LogP) is 1.03. The van der Waals surface area contributed by atoms with Gasteiger partial charge in [0.05, 0.1) is 11.4 Å². The van der Waals surface area contributed by atoms with Crippen LogP contribution in [0.3, 0.4) is 0 Å². The van der Waals surface area contributed by atoms with E-state index < -0.39 is 10.0 Å². The average molecular weight is 212 g/mol. The molecule has 0 aromatic heterocycles. The van der Waals surface area contributed by atoms with Gasteiger partial charge in [-0.1, -0.05) is 6.07 Å². The molecule has 14 heavy (non-hydrogen) atoms. The fourth-order valence-electron chi connectivity index (χ4n) is 1.64. The molecule has 4 nitrogen and oxygen atoms in total. The highest BCUT2D eigenvalue weighted by atomic mass is 32.2. The van der Waals surface area contributed by atoms with Crippen LogP contribution in [-0.4, -0.2) is 21.2 Å². The summed E-state index contributed by atoms with van der Waals surface area (Å²) in [5.41, 5.74) is 2.73. The van der Waals surface area contributed by atoms with Crippen LogP contribution in [0.15, 0.2) is 18.2 Å². The summed E-state index contributed by atoms with van der Waals surface area (Å²) in [7, 11) is -1.27. The van der Waals surface area contributed by atoms with Gasteiger partial charge < -0.3 is 5.32 Å². The summed E-state index contributed by atoms with van der Waals surface area (Å²) >= 11 is 0. The summed E-state index contributed by atoms with van der Waals surface area (Å²) in [6.45, 7) is 0. The molecule has 76 valence electrons. The first-order valence-corrected chi connectivity index (χ1v) is 6.08. The van der Waals surface area contributed by atoms with Crippen molar-refractivity contribution in [1.29, 1.82) is 0 Å². The highest BCUT2D eigenvalue weighted by molar-refractivity contribution is 7.92. The summed E-state index contributed by atoms with van der Waals surface area (Å²) in [6, 6.07) is 5.56. The van der Waals surface area contributed by atoms with Crippen molar-refractivity contribution in [3.8, 4) is 0 Å². The maximum Gasteiger partial charge on any atom is 0.233 e. The number of hydrogen-bond acceptors (Lipinski definition) is 3. The lowest BCUT2D eigenvalue weighted by molar-refractivity contribution is 0.599. The fraction of sp³-hybridized carbons (Fsp3) is 0.333. The molecule has 0 fully saturated rings. The van der Waals surface area contributed by atoms with Gasteiger partial charge >= 0.3 is 0 Å². The van der Waals surface area contributed by atoms with Crippen molar-refractivity contribution < 1.29 is 8.42 Å². The van der Waals surface area contributed by atoms with E-state index >= 15 is 0 Å². The second-order valence-electron chi connectivity index (χ2n) is 3.25. The molecule has 0 saturated heterocycles. The lowest BCUT2D eigenvalue weighted by atomic mass is 10.1. The maximum atomic E-state index is 11.3. The van der Waals surface area contributed by atoms with E-state index in [1.165, 1.54) is 0 Å². The molecule has 0 unspecified atom stereocenters. The van der Waals surface area contributed by atoms with Gasteiger partial charge in [-0.2, -0.15) is 0 Å². The fourth-order valence-corrected chi connectivity index (χ4v) is 2.74. The minimum atomic E-state index is -3.10. The van der Waals surface area contributed by atoms with Crippen LogP contribution in [0.1, 0.15) is 5.56 Å². The molecule has 0 saturated carbocycles. The SMILES string of the molecule is CNc1cccc2c1CCS(=O)(=O)N2. The predicted molar refractivity (Wildman–Crippen MR) is 57.1 cm³/mol. The van der Waals surface area contributed by atoms with Crippen molar-refractivity contribution in [3.05, 3.63) is 23.8 Å². The monoisotopic (exact) mass is 212 g/mol. The first kappa shape index (κ1) is 9.33. The second kappa shape index (κ2) is 3.16. The van der Waals surface area contributed by atoms with Crippen LogP contribution in [0.4, 0.5) is 11.4 Å². The van der Waals surface area contributed by atoms with Crippen molar-refractivity contribution in [1.82, 2.24) is 0 Å². The van der Waals surface area contributed by atoms with Crippen LogP contribution >= 0.6 is 0 Å². The third-order valence-corrected chi connectivity index (χ3v) is 3.60. The van der Waals surface area contributed by atoms with Gasteiger partial charge in [0, 0.05) is 18.3 Å². The van der Waals surface area contributed by atoms with E-state index in [0.29, 0.717) is 12.1 Å². The summed E-state index contributed by atoms with van der Waals surface area (Å²) < 4.78 is 25.1. The molecule has 0 bridgehead atoms. The molecule has 0 spiro atoms. The molecule has 1 aromatic carbocycles. The highest BCUT2D eigenvalue weighted by Gasteiger charge is 2.21. The first-order chi connectivity index (χ1) is 6.62. The molecule has 1 aliphatic heterocycles. The first-order valence-electron chi connectivity index (χ1n) is 4.42. The molecule has 1 aliphatic rings. The van der Waals surface area contributed by atoms with E-state index in [-0.39, 0.29) is 5.75 Å². The van der Waals surface area contributed by atoms with Gasteiger partial charge in [0.15, 0.2) is 0 Å². The van der Waals surface area contributed by atoms with Gasteiger partial charge in [0.1, 0.15) is 0 Å². The van der Waals surface area contributed by atoms with Gasteiger partial charge in [-0.3, -0.25) is 4.72 Å². The second-order valence-corrected chi connectivity index (χ2v) is 5.09. The zero-order valence-corrected chi connectivity index (χ0v) is 8.69. The summed E-state index contributed by atoms with van der Waals surface area (Å²) in [6.07, 6.45) is 0.571. The zero-order chi connectivity index (χ0) is 10.2. The van der Waals surface area contributed by atoms with Gasteiger partial charge in [-0.05, 0) is 18.6 Å². The Morgan fingerprint density at radius 2 is 2.21 bits per heavy atom. The molecule has 0 amide bonds. The van der Waals surface area contributed by atoms with E-state index in [0.717, 1.165) is 11.3 Å². The van der Waals surface area contributed by atoms with Gasteiger partial charge in [-0.25, -0.2) is 8.42 Å². The van der Waals surface area contributed by atoms with Crippen molar-refractivity contribution in [2.24, 2.45) is 0 Å². The van der Waals surface area contributed by atoms with Gasteiger partial charge in [0.25, 0.3) is 0 Å². The molecular formula is C9H12N2O2S. The molecule has 0 atom stereocenters. The quantitative estimate of drug-likeness (QED) is 0.731. The Morgan fingerprint density at radius 3 is 2.93 bits per heavy atom. The minimum absolute atomic E-state index is 0.165. The normalized spacial score (nSPS) is 18.1. The van der Waals surface area contributed by atoms with Crippen LogP contribution in [0.25, 0.3) is 0 Å². The Hall–Kier alpha value is -1.23. The van der Waals surface area contributed by atoms with Crippen molar-refractivity contribution >= 4 is 21.4 Å². The van der Waals surface area contributed by atoms with Crippen molar-refractivity contribution in [2.45, 2.75) is 6.42 Å². The van der Waals surface area contributed by atoms with E-state index in [1.807, 2.05) is 19.2 Å². The largest absolute Gasteiger partial charge is 0.388 e.